The van der Waals surface area contributed by atoms with E-state index in [0.29, 0.717) is 5.56 Å². The highest BCUT2D eigenvalue weighted by atomic mass is 14.7. The Labute approximate surface area is 114 Å². The van der Waals surface area contributed by atoms with Crippen molar-refractivity contribution >= 4 is 0 Å². The lowest BCUT2D eigenvalue weighted by Gasteiger charge is -2.06. The lowest BCUT2D eigenvalue weighted by molar-refractivity contribution is 0.795. The molecule has 96 valence electrons. The number of aryl methyl sites for hydroxylation is 2. The number of pyridine rings is 1. The molecule has 1 aromatic heterocycles. The SMILES string of the molecule is CCCCc1ccc(-c2ncc(C#N)cc2C)cc1. The quantitative estimate of drug-likeness (QED) is 0.812. The summed E-state index contributed by atoms with van der Waals surface area (Å²) >= 11 is 0. The fraction of sp³-hybridized carbons (Fsp3) is 0.294. The molecule has 19 heavy (non-hydrogen) atoms. The first kappa shape index (κ1) is 13.3. The van der Waals surface area contributed by atoms with Gasteiger partial charge in [-0.05, 0) is 37.0 Å². The summed E-state index contributed by atoms with van der Waals surface area (Å²) in [5.74, 6) is 0. The Morgan fingerprint density at radius 3 is 2.53 bits per heavy atom. The average molecular weight is 250 g/mol. The minimum Gasteiger partial charge on any atom is -0.255 e. The highest BCUT2D eigenvalue weighted by Crippen LogP contribution is 2.22. The van der Waals surface area contributed by atoms with Gasteiger partial charge in [-0.3, -0.25) is 4.98 Å². The van der Waals surface area contributed by atoms with Crippen LogP contribution in [0.5, 0.6) is 0 Å². The molecule has 2 nitrogen and oxygen atoms in total. The smallest absolute Gasteiger partial charge is 0.101 e. The summed E-state index contributed by atoms with van der Waals surface area (Å²) in [4.78, 5) is 4.39. The molecular weight excluding hydrogens is 232 g/mol. The highest BCUT2D eigenvalue weighted by Gasteiger charge is 2.04. The number of nitrogens with zero attached hydrogens (tertiary/aromatic N) is 2. The second kappa shape index (κ2) is 6.15. The molecule has 1 aromatic carbocycles. The molecule has 0 N–H and O–H groups in total. The van der Waals surface area contributed by atoms with E-state index in [-0.39, 0.29) is 0 Å². The molecule has 0 aliphatic rings. The summed E-state index contributed by atoms with van der Waals surface area (Å²) in [5, 5.41) is 8.85. The van der Waals surface area contributed by atoms with Crippen LogP contribution in [0.4, 0.5) is 0 Å². The van der Waals surface area contributed by atoms with Crippen molar-refractivity contribution in [3.8, 4) is 17.3 Å². The second-order valence-electron chi connectivity index (χ2n) is 4.80. The van der Waals surface area contributed by atoms with Gasteiger partial charge in [0.05, 0.1) is 11.3 Å². The Bertz CT molecular complexity index is 592. The van der Waals surface area contributed by atoms with Crippen molar-refractivity contribution in [1.29, 1.82) is 5.26 Å². The van der Waals surface area contributed by atoms with Crippen LogP contribution in [0.1, 0.15) is 36.5 Å². The van der Waals surface area contributed by atoms with Crippen LogP contribution in [0, 0.1) is 18.3 Å². The molecule has 0 aliphatic carbocycles. The third-order valence-electron chi connectivity index (χ3n) is 3.25. The maximum atomic E-state index is 8.85. The van der Waals surface area contributed by atoms with Crippen molar-refractivity contribution in [1.82, 2.24) is 4.98 Å². The van der Waals surface area contributed by atoms with Gasteiger partial charge in [0.25, 0.3) is 0 Å². The molecule has 0 saturated heterocycles. The number of benzene rings is 1. The minimum atomic E-state index is 0.612. The molecule has 0 saturated carbocycles. The van der Waals surface area contributed by atoms with Gasteiger partial charge >= 0.3 is 0 Å². The summed E-state index contributed by atoms with van der Waals surface area (Å²) < 4.78 is 0. The molecule has 0 atom stereocenters. The summed E-state index contributed by atoms with van der Waals surface area (Å²) in [6.07, 6.45) is 5.22. The fourth-order valence-corrected chi connectivity index (χ4v) is 2.15. The van der Waals surface area contributed by atoms with Crippen LogP contribution in [0.25, 0.3) is 11.3 Å². The zero-order valence-corrected chi connectivity index (χ0v) is 11.5. The number of hydrogen-bond donors (Lipinski definition) is 0. The number of rotatable bonds is 4. The van der Waals surface area contributed by atoms with Gasteiger partial charge < -0.3 is 0 Å². The van der Waals surface area contributed by atoms with Crippen molar-refractivity contribution in [2.24, 2.45) is 0 Å². The van der Waals surface area contributed by atoms with E-state index in [9.17, 15) is 0 Å². The van der Waals surface area contributed by atoms with E-state index >= 15 is 0 Å². The Morgan fingerprint density at radius 2 is 1.95 bits per heavy atom. The molecule has 2 aromatic rings. The van der Waals surface area contributed by atoms with Crippen LogP contribution in [0.3, 0.4) is 0 Å². The molecular formula is C17H18N2. The lowest BCUT2D eigenvalue weighted by atomic mass is 10.0. The van der Waals surface area contributed by atoms with E-state index < -0.39 is 0 Å². The Kier molecular flexibility index (Phi) is 4.30. The van der Waals surface area contributed by atoms with Gasteiger partial charge in [-0.1, -0.05) is 37.6 Å². The van der Waals surface area contributed by atoms with Crippen molar-refractivity contribution < 1.29 is 0 Å². The highest BCUT2D eigenvalue weighted by molar-refractivity contribution is 5.63. The first-order valence-electron chi connectivity index (χ1n) is 6.70. The first-order chi connectivity index (χ1) is 9.24. The molecule has 0 aliphatic heterocycles. The predicted octanol–water partition coefficient (Wildman–Crippen LogP) is 4.27. The fourth-order valence-electron chi connectivity index (χ4n) is 2.15. The van der Waals surface area contributed by atoms with Gasteiger partial charge in [-0.25, -0.2) is 0 Å². The molecule has 0 unspecified atom stereocenters. The first-order valence-corrected chi connectivity index (χ1v) is 6.70. The molecule has 0 radical (unpaired) electrons. The number of aromatic nitrogens is 1. The van der Waals surface area contributed by atoms with Gasteiger partial charge in [-0.15, -0.1) is 0 Å². The van der Waals surface area contributed by atoms with E-state index in [1.807, 2.05) is 13.0 Å². The normalized spacial score (nSPS) is 10.2. The molecule has 1 heterocycles. The van der Waals surface area contributed by atoms with Crippen molar-refractivity contribution in [3.05, 3.63) is 53.2 Å². The number of hydrogen-bond acceptors (Lipinski definition) is 2. The average Bonchev–Trinajstić information content (AvgIpc) is 2.45. The zero-order valence-electron chi connectivity index (χ0n) is 11.5. The van der Waals surface area contributed by atoms with Crippen LogP contribution in [0.2, 0.25) is 0 Å². The third-order valence-corrected chi connectivity index (χ3v) is 3.25. The van der Waals surface area contributed by atoms with Gasteiger partial charge in [0, 0.05) is 11.8 Å². The van der Waals surface area contributed by atoms with Gasteiger partial charge in [-0.2, -0.15) is 5.26 Å². The van der Waals surface area contributed by atoms with Crippen molar-refractivity contribution in [2.45, 2.75) is 33.1 Å². The zero-order chi connectivity index (χ0) is 13.7. The summed E-state index contributed by atoms with van der Waals surface area (Å²) in [6, 6.07) is 12.6. The molecule has 0 fully saturated rings. The van der Waals surface area contributed by atoms with Crippen molar-refractivity contribution in [3.63, 3.8) is 0 Å². The Hall–Kier alpha value is -2.14. The number of unbranched alkanes of at least 4 members (excludes halogenated alkanes) is 1. The largest absolute Gasteiger partial charge is 0.255 e. The molecule has 0 amide bonds. The van der Waals surface area contributed by atoms with Crippen LogP contribution < -0.4 is 0 Å². The second-order valence-corrected chi connectivity index (χ2v) is 4.80. The van der Waals surface area contributed by atoms with E-state index in [1.165, 1.54) is 18.4 Å². The van der Waals surface area contributed by atoms with Crippen molar-refractivity contribution in [2.75, 3.05) is 0 Å². The standard InChI is InChI=1S/C17H18N2/c1-3-4-5-14-6-8-16(9-7-14)17-13(2)10-15(11-18)12-19-17/h6-10,12H,3-5H2,1-2H3. The van der Waals surface area contributed by atoms with Crippen LogP contribution >= 0.6 is 0 Å². The summed E-state index contributed by atoms with van der Waals surface area (Å²) in [7, 11) is 0. The molecule has 2 heteroatoms. The van der Waals surface area contributed by atoms with Gasteiger partial charge in [0.15, 0.2) is 0 Å². The molecule has 0 spiro atoms. The maximum Gasteiger partial charge on any atom is 0.101 e. The third kappa shape index (κ3) is 3.20. The summed E-state index contributed by atoms with van der Waals surface area (Å²) in [5.41, 5.74) is 5.10. The summed E-state index contributed by atoms with van der Waals surface area (Å²) in [6.45, 7) is 4.20. The van der Waals surface area contributed by atoms with E-state index in [0.717, 1.165) is 23.2 Å². The Morgan fingerprint density at radius 1 is 1.21 bits per heavy atom. The van der Waals surface area contributed by atoms with Gasteiger partial charge in [0.1, 0.15) is 6.07 Å². The lowest BCUT2D eigenvalue weighted by Crippen LogP contribution is -1.91. The topological polar surface area (TPSA) is 36.7 Å². The van der Waals surface area contributed by atoms with Gasteiger partial charge in [0.2, 0.25) is 0 Å². The van der Waals surface area contributed by atoms with E-state index in [2.05, 4.69) is 42.2 Å². The number of nitriles is 1. The van der Waals surface area contributed by atoms with Crippen LogP contribution in [-0.2, 0) is 6.42 Å². The molecule has 0 bridgehead atoms. The minimum absolute atomic E-state index is 0.612. The monoisotopic (exact) mass is 250 g/mol. The molecule has 2 rings (SSSR count). The maximum absolute atomic E-state index is 8.85. The Balaban J connectivity index is 2.25. The van der Waals surface area contributed by atoms with Crippen LogP contribution in [0.15, 0.2) is 36.5 Å². The van der Waals surface area contributed by atoms with Crippen LogP contribution in [-0.4, -0.2) is 4.98 Å². The van der Waals surface area contributed by atoms with E-state index in [1.54, 1.807) is 6.20 Å². The predicted molar refractivity (Wildman–Crippen MR) is 77.7 cm³/mol. The van der Waals surface area contributed by atoms with E-state index in [4.69, 9.17) is 5.26 Å².